The Labute approximate surface area is 122 Å². The van der Waals surface area contributed by atoms with Crippen LogP contribution in [0.1, 0.15) is 11.4 Å². The van der Waals surface area contributed by atoms with Crippen molar-refractivity contribution in [3.63, 3.8) is 0 Å². The summed E-state index contributed by atoms with van der Waals surface area (Å²) in [5.41, 5.74) is 3.38. The van der Waals surface area contributed by atoms with Crippen molar-refractivity contribution in [2.75, 3.05) is 5.32 Å². The highest BCUT2D eigenvalue weighted by atomic mass is 16.5. The van der Waals surface area contributed by atoms with Gasteiger partial charge in [-0.25, -0.2) is 9.78 Å². The van der Waals surface area contributed by atoms with Crippen LogP contribution in [-0.4, -0.2) is 16.1 Å². The van der Waals surface area contributed by atoms with Crippen LogP contribution in [0.5, 0.6) is 0 Å². The molecule has 0 atom stereocenters. The lowest BCUT2D eigenvalue weighted by Crippen LogP contribution is -2.13. The molecule has 0 saturated carbocycles. The molecule has 3 rings (SSSR count). The summed E-state index contributed by atoms with van der Waals surface area (Å²) >= 11 is 0. The molecule has 1 amide bonds. The molecule has 0 bridgehead atoms. The van der Waals surface area contributed by atoms with Gasteiger partial charge in [0.05, 0.1) is 11.0 Å². The van der Waals surface area contributed by atoms with Crippen molar-refractivity contribution in [3.05, 3.63) is 59.9 Å². The molecule has 2 N–H and O–H groups in total. The Morgan fingerprint density at radius 1 is 1.24 bits per heavy atom. The summed E-state index contributed by atoms with van der Waals surface area (Å²) in [5, 5.41) is 2.70. The van der Waals surface area contributed by atoms with E-state index in [1.54, 1.807) is 6.07 Å². The summed E-state index contributed by atoms with van der Waals surface area (Å²) < 4.78 is 5.17. The van der Waals surface area contributed by atoms with Gasteiger partial charge in [0.15, 0.2) is 0 Å². The van der Waals surface area contributed by atoms with Gasteiger partial charge in [0, 0.05) is 5.69 Å². The number of H-pyrrole nitrogens is 1. The molecule has 0 aliphatic heterocycles. The van der Waals surface area contributed by atoms with E-state index in [1.165, 1.54) is 0 Å². The first-order chi connectivity index (χ1) is 10.2. The number of fused-ring (bicyclic) bond motifs is 1. The number of imidazole rings is 1. The summed E-state index contributed by atoms with van der Waals surface area (Å²) in [6, 6.07) is 15.0. The van der Waals surface area contributed by atoms with Gasteiger partial charge in [-0.05, 0) is 30.7 Å². The molecular weight excluding hydrogens is 266 g/mol. The fraction of sp³-hybridized carbons (Fsp3) is 0.125. The number of aromatic amines is 1. The number of anilines is 1. The highest BCUT2D eigenvalue weighted by molar-refractivity contribution is 5.88. The van der Waals surface area contributed by atoms with Crippen LogP contribution in [0, 0.1) is 6.92 Å². The molecule has 0 aliphatic carbocycles. The average Bonchev–Trinajstić information content (AvgIpc) is 2.85. The van der Waals surface area contributed by atoms with E-state index in [2.05, 4.69) is 15.3 Å². The van der Waals surface area contributed by atoms with Gasteiger partial charge in [-0.1, -0.05) is 30.3 Å². The predicted octanol–water partition coefficient (Wildman–Crippen LogP) is 3.62. The number of aromatic nitrogens is 2. The minimum absolute atomic E-state index is 0.248. The maximum Gasteiger partial charge on any atom is 0.411 e. The van der Waals surface area contributed by atoms with Crippen molar-refractivity contribution < 1.29 is 9.53 Å². The molecule has 0 spiro atoms. The van der Waals surface area contributed by atoms with Crippen molar-refractivity contribution >= 4 is 22.8 Å². The number of aryl methyl sites for hydroxylation is 1. The first-order valence-corrected chi connectivity index (χ1v) is 6.65. The van der Waals surface area contributed by atoms with Crippen LogP contribution in [0.4, 0.5) is 10.5 Å². The zero-order valence-electron chi connectivity index (χ0n) is 11.6. The number of amides is 1. The number of benzene rings is 2. The van der Waals surface area contributed by atoms with E-state index in [4.69, 9.17) is 4.74 Å². The Bertz CT molecular complexity index is 766. The van der Waals surface area contributed by atoms with E-state index in [0.717, 1.165) is 22.4 Å². The molecule has 21 heavy (non-hydrogen) atoms. The Balaban J connectivity index is 1.63. The molecule has 5 heteroatoms. The van der Waals surface area contributed by atoms with Gasteiger partial charge < -0.3 is 9.72 Å². The summed E-state index contributed by atoms with van der Waals surface area (Å²) in [6.45, 7) is 2.14. The van der Waals surface area contributed by atoms with Crippen LogP contribution < -0.4 is 5.32 Å². The van der Waals surface area contributed by atoms with E-state index >= 15 is 0 Å². The number of nitrogens with one attached hydrogen (secondary N) is 2. The Kier molecular flexibility index (Phi) is 3.55. The van der Waals surface area contributed by atoms with Crippen LogP contribution in [-0.2, 0) is 11.3 Å². The number of rotatable bonds is 3. The van der Waals surface area contributed by atoms with Gasteiger partial charge in [0.2, 0.25) is 0 Å². The van der Waals surface area contributed by atoms with Crippen LogP contribution in [0.15, 0.2) is 48.5 Å². The number of ether oxygens (including phenoxy) is 1. The lowest BCUT2D eigenvalue weighted by molar-refractivity contribution is 0.155. The van der Waals surface area contributed by atoms with Crippen molar-refractivity contribution in [1.82, 2.24) is 9.97 Å². The molecule has 5 nitrogen and oxygen atoms in total. The third-order valence-corrected chi connectivity index (χ3v) is 3.06. The second-order valence-electron chi connectivity index (χ2n) is 4.74. The van der Waals surface area contributed by atoms with Gasteiger partial charge in [-0.3, -0.25) is 5.32 Å². The first kappa shape index (κ1) is 13.2. The smallest absolute Gasteiger partial charge is 0.411 e. The summed E-state index contributed by atoms with van der Waals surface area (Å²) in [4.78, 5) is 19.2. The molecular formula is C16H15N3O2. The Hall–Kier alpha value is -2.82. The van der Waals surface area contributed by atoms with E-state index in [0.29, 0.717) is 5.69 Å². The van der Waals surface area contributed by atoms with Crippen molar-refractivity contribution in [2.45, 2.75) is 13.5 Å². The topological polar surface area (TPSA) is 67.0 Å². The summed E-state index contributed by atoms with van der Waals surface area (Å²) in [6.07, 6.45) is -0.477. The third-order valence-electron chi connectivity index (χ3n) is 3.06. The minimum Gasteiger partial charge on any atom is -0.444 e. The van der Waals surface area contributed by atoms with Gasteiger partial charge in [0.25, 0.3) is 0 Å². The van der Waals surface area contributed by atoms with Crippen LogP contribution in [0.2, 0.25) is 0 Å². The number of nitrogens with zero attached hydrogens (tertiary/aromatic N) is 1. The lowest BCUT2D eigenvalue weighted by atomic mass is 10.2. The third kappa shape index (κ3) is 3.20. The lowest BCUT2D eigenvalue weighted by Gasteiger charge is -2.07. The minimum atomic E-state index is -0.477. The van der Waals surface area contributed by atoms with Crippen molar-refractivity contribution in [2.24, 2.45) is 0 Å². The fourth-order valence-corrected chi connectivity index (χ4v) is 2.09. The van der Waals surface area contributed by atoms with Crippen LogP contribution in [0.3, 0.4) is 0 Å². The summed E-state index contributed by atoms with van der Waals surface area (Å²) in [5.74, 6) is 0.841. The zero-order chi connectivity index (χ0) is 14.7. The number of hydrogen-bond acceptors (Lipinski definition) is 3. The second kappa shape index (κ2) is 5.66. The fourth-order valence-electron chi connectivity index (χ4n) is 2.09. The summed E-state index contributed by atoms with van der Waals surface area (Å²) in [7, 11) is 0. The molecule has 0 radical (unpaired) electrons. The number of carbonyl (C=O) groups excluding carboxylic acids is 1. The molecule has 0 unspecified atom stereocenters. The zero-order valence-corrected chi connectivity index (χ0v) is 11.6. The monoisotopic (exact) mass is 281 g/mol. The van der Waals surface area contributed by atoms with Crippen LogP contribution in [0.25, 0.3) is 11.0 Å². The second-order valence-corrected chi connectivity index (χ2v) is 4.74. The molecule has 0 aliphatic rings. The standard InChI is InChI=1S/C16H15N3O2/c1-11-17-14-8-7-13(9-15(14)18-11)19-16(20)21-10-12-5-3-2-4-6-12/h2-9H,10H2,1H3,(H,17,18)(H,19,20). The van der Waals surface area contributed by atoms with E-state index < -0.39 is 6.09 Å². The quantitative estimate of drug-likeness (QED) is 0.770. The highest BCUT2D eigenvalue weighted by Crippen LogP contribution is 2.17. The number of hydrogen-bond donors (Lipinski definition) is 2. The Morgan fingerprint density at radius 2 is 2.05 bits per heavy atom. The van der Waals surface area contributed by atoms with Crippen molar-refractivity contribution in [3.8, 4) is 0 Å². The molecule has 3 aromatic rings. The largest absolute Gasteiger partial charge is 0.444 e. The first-order valence-electron chi connectivity index (χ1n) is 6.65. The molecule has 1 heterocycles. The molecule has 1 aromatic heterocycles. The SMILES string of the molecule is Cc1nc2ccc(NC(=O)OCc3ccccc3)cc2[nH]1. The van der Waals surface area contributed by atoms with Gasteiger partial charge in [0.1, 0.15) is 12.4 Å². The predicted molar refractivity (Wildman–Crippen MR) is 81.1 cm³/mol. The van der Waals surface area contributed by atoms with Gasteiger partial charge in [-0.2, -0.15) is 0 Å². The van der Waals surface area contributed by atoms with E-state index in [9.17, 15) is 4.79 Å². The molecule has 2 aromatic carbocycles. The molecule has 0 saturated heterocycles. The van der Waals surface area contributed by atoms with Crippen LogP contribution >= 0.6 is 0 Å². The van der Waals surface area contributed by atoms with E-state index in [1.807, 2.05) is 49.4 Å². The average molecular weight is 281 g/mol. The van der Waals surface area contributed by atoms with E-state index in [-0.39, 0.29) is 6.61 Å². The maximum absolute atomic E-state index is 11.8. The van der Waals surface area contributed by atoms with Gasteiger partial charge >= 0.3 is 6.09 Å². The van der Waals surface area contributed by atoms with Crippen molar-refractivity contribution in [1.29, 1.82) is 0 Å². The number of carbonyl (C=O) groups is 1. The maximum atomic E-state index is 11.8. The normalized spacial score (nSPS) is 10.5. The highest BCUT2D eigenvalue weighted by Gasteiger charge is 2.06. The molecule has 106 valence electrons. The van der Waals surface area contributed by atoms with Gasteiger partial charge in [-0.15, -0.1) is 0 Å². The Morgan fingerprint density at radius 3 is 2.86 bits per heavy atom. The molecule has 0 fully saturated rings.